The number of aromatic nitrogens is 2. The molecule has 26 heavy (non-hydrogen) atoms. The molecule has 6 nitrogen and oxygen atoms in total. The Morgan fingerprint density at radius 2 is 1.92 bits per heavy atom. The van der Waals surface area contributed by atoms with Crippen molar-refractivity contribution >= 4 is 17.5 Å². The number of aryl methyl sites for hydroxylation is 1. The van der Waals surface area contributed by atoms with Crippen molar-refractivity contribution in [1.82, 2.24) is 14.5 Å². The normalized spacial score (nSPS) is 10.6. The quantitative estimate of drug-likeness (QED) is 0.786. The fourth-order valence-corrected chi connectivity index (χ4v) is 2.70. The number of amides is 1. The zero-order chi connectivity index (χ0) is 19.1. The monoisotopic (exact) mass is 360 g/mol. The van der Waals surface area contributed by atoms with Crippen LogP contribution < -0.4 is 10.9 Å². The number of halogens is 1. The van der Waals surface area contributed by atoms with Crippen LogP contribution in [0.1, 0.15) is 32.4 Å². The first-order chi connectivity index (χ1) is 12.4. The summed E-state index contributed by atoms with van der Waals surface area (Å²) in [5.74, 6) is -0.310. The summed E-state index contributed by atoms with van der Waals surface area (Å²) in [6, 6.07) is 7.25. The van der Waals surface area contributed by atoms with Gasteiger partial charge < -0.3 is 10.2 Å². The van der Waals surface area contributed by atoms with Crippen molar-refractivity contribution in [2.75, 3.05) is 18.4 Å². The van der Waals surface area contributed by atoms with Gasteiger partial charge in [0, 0.05) is 30.5 Å². The average Bonchev–Trinajstić information content (AvgIpc) is 2.57. The number of rotatable bonds is 8. The summed E-state index contributed by atoms with van der Waals surface area (Å²) < 4.78 is 14.7. The number of carbonyl (C=O) groups is 1. The standard InChI is InChI=1S/C19H25FN4O2/c1-4-9-23(10-5-2)18(26)13-24-17(25)11-14(3)21-19(24)22-16-8-6-7-15(20)12-16/h6-8,11-12H,4-5,9-10,13H2,1-3H3,(H,21,22). The molecule has 0 aliphatic rings. The Kier molecular flexibility index (Phi) is 6.89. The van der Waals surface area contributed by atoms with Crippen molar-refractivity contribution < 1.29 is 9.18 Å². The van der Waals surface area contributed by atoms with Crippen LogP contribution in [0.3, 0.4) is 0 Å². The van der Waals surface area contributed by atoms with Crippen molar-refractivity contribution in [3.63, 3.8) is 0 Å². The summed E-state index contributed by atoms with van der Waals surface area (Å²) in [6.45, 7) is 6.90. The van der Waals surface area contributed by atoms with Gasteiger partial charge in [0.05, 0.1) is 0 Å². The van der Waals surface area contributed by atoms with Crippen LogP contribution in [0.15, 0.2) is 35.1 Å². The maximum Gasteiger partial charge on any atom is 0.255 e. The number of nitrogens with zero attached hydrogens (tertiary/aromatic N) is 3. The Bertz CT molecular complexity index is 813. The van der Waals surface area contributed by atoms with Crippen molar-refractivity contribution in [2.24, 2.45) is 0 Å². The number of hydrogen-bond donors (Lipinski definition) is 1. The van der Waals surface area contributed by atoms with E-state index in [1.807, 2.05) is 13.8 Å². The van der Waals surface area contributed by atoms with Crippen LogP contribution in [0.25, 0.3) is 0 Å². The zero-order valence-electron chi connectivity index (χ0n) is 15.5. The highest BCUT2D eigenvalue weighted by molar-refractivity contribution is 5.76. The van der Waals surface area contributed by atoms with Gasteiger partial charge in [0.1, 0.15) is 12.4 Å². The minimum atomic E-state index is -0.398. The molecule has 0 saturated heterocycles. The molecule has 0 saturated carbocycles. The van der Waals surface area contributed by atoms with E-state index in [9.17, 15) is 14.0 Å². The molecule has 1 N–H and O–H groups in total. The largest absolute Gasteiger partial charge is 0.341 e. The first-order valence-electron chi connectivity index (χ1n) is 8.83. The van der Waals surface area contributed by atoms with Crippen LogP contribution >= 0.6 is 0 Å². The maximum atomic E-state index is 13.4. The third-order valence-electron chi connectivity index (χ3n) is 3.85. The molecule has 1 heterocycles. The zero-order valence-corrected chi connectivity index (χ0v) is 15.5. The molecular formula is C19H25FN4O2. The topological polar surface area (TPSA) is 67.2 Å². The van der Waals surface area contributed by atoms with Gasteiger partial charge in [-0.25, -0.2) is 9.37 Å². The lowest BCUT2D eigenvalue weighted by Crippen LogP contribution is -2.38. The van der Waals surface area contributed by atoms with Gasteiger partial charge >= 0.3 is 0 Å². The summed E-state index contributed by atoms with van der Waals surface area (Å²) in [5, 5.41) is 2.94. The summed E-state index contributed by atoms with van der Waals surface area (Å²) in [4.78, 5) is 31.1. The number of benzene rings is 1. The Balaban J connectivity index is 2.32. The second-order valence-corrected chi connectivity index (χ2v) is 6.16. The molecule has 0 spiro atoms. The van der Waals surface area contributed by atoms with Gasteiger partial charge in [-0.05, 0) is 38.0 Å². The molecule has 0 unspecified atom stereocenters. The van der Waals surface area contributed by atoms with E-state index in [1.165, 1.54) is 22.8 Å². The number of nitrogens with one attached hydrogen (secondary N) is 1. The molecule has 0 aliphatic carbocycles. The summed E-state index contributed by atoms with van der Waals surface area (Å²) >= 11 is 0. The number of carbonyl (C=O) groups excluding carboxylic acids is 1. The Hall–Kier alpha value is -2.70. The average molecular weight is 360 g/mol. The molecule has 0 atom stereocenters. The molecular weight excluding hydrogens is 335 g/mol. The molecule has 140 valence electrons. The van der Waals surface area contributed by atoms with Gasteiger partial charge in [0.2, 0.25) is 11.9 Å². The minimum absolute atomic E-state index is 0.107. The fourth-order valence-electron chi connectivity index (χ4n) is 2.70. The van der Waals surface area contributed by atoms with Crippen LogP contribution in [0.2, 0.25) is 0 Å². The van der Waals surface area contributed by atoms with E-state index < -0.39 is 5.82 Å². The highest BCUT2D eigenvalue weighted by Crippen LogP contribution is 2.15. The summed E-state index contributed by atoms with van der Waals surface area (Å²) in [5.41, 5.74) is 0.664. The highest BCUT2D eigenvalue weighted by atomic mass is 19.1. The highest BCUT2D eigenvalue weighted by Gasteiger charge is 2.16. The molecule has 0 bridgehead atoms. The van der Waals surface area contributed by atoms with E-state index in [0.29, 0.717) is 24.5 Å². The van der Waals surface area contributed by atoms with Crippen LogP contribution in [0.4, 0.5) is 16.0 Å². The van der Waals surface area contributed by atoms with Crippen LogP contribution in [-0.4, -0.2) is 33.4 Å². The lowest BCUT2D eigenvalue weighted by molar-refractivity contribution is -0.132. The molecule has 2 rings (SSSR count). The second-order valence-electron chi connectivity index (χ2n) is 6.16. The van der Waals surface area contributed by atoms with Crippen molar-refractivity contribution in [1.29, 1.82) is 0 Å². The van der Waals surface area contributed by atoms with Gasteiger partial charge in [-0.3, -0.25) is 14.2 Å². The van der Waals surface area contributed by atoms with Gasteiger partial charge in [0.25, 0.3) is 5.56 Å². The molecule has 1 aromatic heterocycles. The number of hydrogen-bond acceptors (Lipinski definition) is 4. The maximum absolute atomic E-state index is 13.4. The Morgan fingerprint density at radius 1 is 1.23 bits per heavy atom. The Labute approximate surface area is 152 Å². The van der Waals surface area contributed by atoms with Crippen LogP contribution in [-0.2, 0) is 11.3 Å². The van der Waals surface area contributed by atoms with E-state index in [4.69, 9.17) is 0 Å². The van der Waals surface area contributed by atoms with Crippen molar-refractivity contribution in [2.45, 2.75) is 40.2 Å². The lowest BCUT2D eigenvalue weighted by Gasteiger charge is -2.23. The van der Waals surface area contributed by atoms with Gasteiger partial charge in [-0.15, -0.1) is 0 Å². The first kappa shape index (κ1) is 19.6. The van der Waals surface area contributed by atoms with E-state index in [1.54, 1.807) is 24.0 Å². The second kappa shape index (κ2) is 9.12. The predicted octanol–water partition coefficient (Wildman–Crippen LogP) is 3.08. The molecule has 1 amide bonds. The van der Waals surface area contributed by atoms with Crippen LogP contribution in [0.5, 0.6) is 0 Å². The lowest BCUT2D eigenvalue weighted by atomic mass is 10.3. The fraction of sp³-hybridized carbons (Fsp3) is 0.421. The van der Waals surface area contributed by atoms with Gasteiger partial charge in [-0.1, -0.05) is 19.9 Å². The van der Waals surface area contributed by atoms with E-state index in [2.05, 4.69) is 10.3 Å². The third kappa shape index (κ3) is 5.15. The molecule has 0 radical (unpaired) electrons. The minimum Gasteiger partial charge on any atom is -0.341 e. The first-order valence-corrected chi connectivity index (χ1v) is 8.83. The third-order valence-corrected chi connectivity index (χ3v) is 3.85. The van der Waals surface area contributed by atoms with Gasteiger partial charge in [0.15, 0.2) is 0 Å². The molecule has 0 aliphatic heterocycles. The SMILES string of the molecule is CCCN(CCC)C(=O)Cn1c(Nc2cccc(F)c2)nc(C)cc1=O. The van der Waals surface area contributed by atoms with E-state index in [0.717, 1.165) is 12.8 Å². The smallest absolute Gasteiger partial charge is 0.255 e. The number of anilines is 2. The summed E-state index contributed by atoms with van der Waals surface area (Å²) in [7, 11) is 0. The van der Waals surface area contributed by atoms with Crippen molar-refractivity contribution in [3.8, 4) is 0 Å². The predicted molar refractivity (Wildman–Crippen MR) is 100 cm³/mol. The summed E-state index contributed by atoms with van der Waals surface area (Å²) in [6.07, 6.45) is 1.70. The van der Waals surface area contributed by atoms with Gasteiger partial charge in [-0.2, -0.15) is 0 Å². The van der Waals surface area contributed by atoms with E-state index in [-0.39, 0.29) is 24.0 Å². The van der Waals surface area contributed by atoms with E-state index >= 15 is 0 Å². The Morgan fingerprint density at radius 3 is 2.54 bits per heavy atom. The molecule has 1 aromatic carbocycles. The van der Waals surface area contributed by atoms with Crippen molar-refractivity contribution in [3.05, 3.63) is 52.2 Å². The molecule has 2 aromatic rings. The molecule has 7 heteroatoms. The molecule has 0 fully saturated rings. The van der Waals surface area contributed by atoms with Crippen LogP contribution in [0, 0.1) is 12.7 Å².